The Balaban J connectivity index is 1.30. The van der Waals surface area contributed by atoms with E-state index in [2.05, 4.69) is 65.0 Å². The highest BCUT2D eigenvalue weighted by molar-refractivity contribution is 5.83. The number of aliphatic hydroxyl groups excluding tert-OH is 1. The van der Waals surface area contributed by atoms with Crippen molar-refractivity contribution in [3.8, 4) is 17.6 Å². The molecule has 2 atom stereocenters. The Labute approximate surface area is 197 Å². The molecule has 1 N–H and O–H groups in total. The van der Waals surface area contributed by atoms with Gasteiger partial charge in [0.1, 0.15) is 5.75 Å². The summed E-state index contributed by atoms with van der Waals surface area (Å²) >= 11 is 0. The van der Waals surface area contributed by atoms with Gasteiger partial charge in [-0.25, -0.2) is 0 Å². The number of nitrogens with zero attached hydrogens (tertiary/aromatic N) is 2. The summed E-state index contributed by atoms with van der Waals surface area (Å²) < 4.78 is 5.40. The second kappa shape index (κ2) is 11.3. The lowest BCUT2D eigenvalue weighted by Crippen LogP contribution is -2.42. The maximum absolute atomic E-state index is 10.0. The number of rotatable bonds is 7. The van der Waals surface area contributed by atoms with Crippen molar-refractivity contribution in [3.63, 3.8) is 0 Å². The number of aromatic nitrogens is 1. The lowest BCUT2D eigenvalue weighted by Gasteiger charge is -2.37. The second-order valence-electron chi connectivity index (χ2n) is 9.14. The van der Waals surface area contributed by atoms with Crippen LogP contribution in [-0.4, -0.2) is 48.3 Å². The predicted octanol–water partition coefficient (Wildman–Crippen LogP) is 4.86. The summed E-state index contributed by atoms with van der Waals surface area (Å²) in [5, 5.41) is 11.2. The van der Waals surface area contributed by atoms with Crippen molar-refractivity contribution in [2.24, 2.45) is 11.8 Å². The monoisotopic (exact) mass is 442 g/mol. The lowest BCUT2D eigenvalue weighted by atomic mass is 9.82. The van der Waals surface area contributed by atoms with Gasteiger partial charge in [0.05, 0.1) is 19.2 Å². The first kappa shape index (κ1) is 23.3. The van der Waals surface area contributed by atoms with E-state index in [1.54, 1.807) is 7.11 Å². The van der Waals surface area contributed by atoms with E-state index in [1.807, 2.05) is 18.3 Å². The number of hydrogen-bond acceptors (Lipinski definition) is 4. The molecule has 0 bridgehead atoms. The molecule has 1 fully saturated rings. The van der Waals surface area contributed by atoms with Crippen molar-refractivity contribution in [3.05, 3.63) is 71.4 Å². The van der Waals surface area contributed by atoms with Crippen LogP contribution in [0.3, 0.4) is 0 Å². The molecule has 1 saturated heterocycles. The Morgan fingerprint density at radius 3 is 2.88 bits per heavy atom. The van der Waals surface area contributed by atoms with Gasteiger partial charge in [0.25, 0.3) is 0 Å². The number of pyridine rings is 1. The van der Waals surface area contributed by atoms with Crippen molar-refractivity contribution >= 4 is 10.9 Å². The first-order chi connectivity index (χ1) is 16.2. The topological polar surface area (TPSA) is 45.6 Å². The van der Waals surface area contributed by atoms with Crippen LogP contribution in [0.2, 0.25) is 0 Å². The molecular weight excluding hydrogens is 408 g/mol. The van der Waals surface area contributed by atoms with E-state index in [-0.39, 0.29) is 6.61 Å². The molecule has 4 rings (SSSR count). The molecule has 1 aromatic heterocycles. The molecule has 0 saturated carbocycles. The minimum Gasteiger partial charge on any atom is -0.497 e. The molecule has 4 heteroatoms. The van der Waals surface area contributed by atoms with E-state index in [0.29, 0.717) is 11.8 Å². The van der Waals surface area contributed by atoms with Gasteiger partial charge in [-0.05, 0) is 98.5 Å². The zero-order valence-corrected chi connectivity index (χ0v) is 19.8. The van der Waals surface area contributed by atoms with Crippen molar-refractivity contribution in [1.29, 1.82) is 0 Å². The van der Waals surface area contributed by atoms with E-state index < -0.39 is 0 Å². The average Bonchev–Trinajstić information content (AvgIpc) is 2.84. The van der Waals surface area contributed by atoms with E-state index in [1.165, 1.54) is 16.5 Å². The maximum atomic E-state index is 10.0. The SMILES string of the molecule is COc1ccc2nccc(CCC[C@@H]3CCN(CC#Cc4cccc(C)c4)C[C@@H]3CO)c2c1. The fourth-order valence-electron chi connectivity index (χ4n) is 4.94. The molecule has 0 amide bonds. The van der Waals surface area contributed by atoms with Gasteiger partial charge < -0.3 is 9.84 Å². The van der Waals surface area contributed by atoms with Crippen LogP contribution >= 0.6 is 0 Å². The third-order valence-electron chi connectivity index (χ3n) is 6.82. The normalized spacial score (nSPS) is 18.6. The quantitative estimate of drug-likeness (QED) is 0.531. The highest BCUT2D eigenvalue weighted by Crippen LogP contribution is 2.29. The molecule has 0 aliphatic carbocycles. The highest BCUT2D eigenvalue weighted by Gasteiger charge is 2.28. The van der Waals surface area contributed by atoms with Gasteiger partial charge in [-0.15, -0.1) is 0 Å². The van der Waals surface area contributed by atoms with E-state index in [9.17, 15) is 5.11 Å². The number of fused-ring (bicyclic) bond motifs is 1. The van der Waals surface area contributed by atoms with Gasteiger partial charge in [-0.1, -0.05) is 24.0 Å². The third kappa shape index (κ3) is 6.13. The summed E-state index contributed by atoms with van der Waals surface area (Å²) in [6.45, 7) is 5.10. The fraction of sp³-hybridized carbons (Fsp3) is 0.414. The molecule has 3 aromatic rings. The number of likely N-dealkylation sites (tertiary alicyclic amines) is 1. The zero-order valence-electron chi connectivity index (χ0n) is 19.8. The zero-order chi connectivity index (χ0) is 23.0. The average molecular weight is 443 g/mol. The van der Waals surface area contributed by atoms with Crippen LogP contribution in [0.1, 0.15) is 36.0 Å². The standard InChI is InChI=1S/C29H34N2O2/c1-22-6-3-7-23(18-22)8-5-16-31-17-14-24(26(20-31)21-32)9-4-10-25-13-15-30-29-12-11-27(33-2)19-28(25)29/h3,6-7,11-13,15,18-19,24,26,32H,4,9-10,14,16-17,20-21H2,1-2H3/t24-,26-/m1/s1. The number of piperidine rings is 1. The molecule has 2 aromatic carbocycles. The fourth-order valence-corrected chi connectivity index (χ4v) is 4.94. The maximum Gasteiger partial charge on any atom is 0.119 e. The summed E-state index contributed by atoms with van der Waals surface area (Å²) in [4.78, 5) is 6.88. The number of methoxy groups -OCH3 is 1. The van der Waals surface area contributed by atoms with Gasteiger partial charge >= 0.3 is 0 Å². The molecular formula is C29H34N2O2. The second-order valence-corrected chi connectivity index (χ2v) is 9.14. The Bertz CT molecular complexity index is 1130. The highest BCUT2D eigenvalue weighted by atomic mass is 16.5. The number of hydrogen-bond donors (Lipinski definition) is 1. The summed E-state index contributed by atoms with van der Waals surface area (Å²) in [6.07, 6.45) is 6.30. The first-order valence-corrected chi connectivity index (χ1v) is 12.0. The number of ether oxygens (including phenoxy) is 1. The number of aryl methyl sites for hydroxylation is 2. The molecule has 0 unspecified atom stereocenters. The number of benzene rings is 2. The van der Waals surface area contributed by atoms with Crippen molar-refractivity contribution in [1.82, 2.24) is 9.88 Å². The molecule has 172 valence electrons. The Kier molecular flexibility index (Phi) is 7.99. The number of aliphatic hydroxyl groups is 1. The molecule has 2 heterocycles. The summed E-state index contributed by atoms with van der Waals surface area (Å²) in [5.74, 6) is 8.38. The van der Waals surface area contributed by atoms with Gasteiger partial charge in [-0.2, -0.15) is 0 Å². The van der Waals surface area contributed by atoms with Crippen LogP contribution in [0, 0.1) is 30.6 Å². The molecule has 0 spiro atoms. The molecule has 4 nitrogen and oxygen atoms in total. The third-order valence-corrected chi connectivity index (χ3v) is 6.82. The largest absolute Gasteiger partial charge is 0.497 e. The smallest absolute Gasteiger partial charge is 0.119 e. The van der Waals surface area contributed by atoms with Gasteiger partial charge in [-0.3, -0.25) is 9.88 Å². The van der Waals surface area contributed by atoms with Crippen molar-refractivity contribution < 1.29 is 9.84 Å². The van der Waals surface area contributed by atoms with Crippen LogP contribution in [-0.2, 0) is 6.42 Å². The van der Waals surface area contributed by atoms with Gasteiger partial charge in [0.15, 0.2) is 0 Å². The minimum absolute atomic E-state index is 0.252. The Hall–Kier alpha value is -2.87. The minimum atomic E-state index is 0.252. The summed E-state index contributed by atoms with van der Waals surface area (Å²) in [6, 6.07) is 16.5. The van der Waals surface area contributed by atoms with E-state index in [0.717, 1.165) is 62.1 Å². The van der Waals surface area contributed by atoms with E-state index in [4.69, 9.17) is 4.74 Å². The van der Waals surface area contributed by atoms with Gasteiger partial charge in [0, 0.05) is 30.3 Å². The van der Waals surface area contributed by atoms with Crippen molar-refractivity contribution in [2.45, 2.75) is 32.6 Å². The molecule has 1 aliphatic heterocycles. The molecule has 0 radical (unpaired) electrons. The molecule has 33 heavy (non-hydrogen) atoms. The predicted molar refractivity (Wildman–Crippen MR) is 134 cm³/mol. The van der Waals surface area contributed by atoms with Crippen LogP contribution in [0.25, 0.3) is 10.9 Å². The van der Waals surface area contributed by atoms with Crippen LogP contribution < -0.4 is 4.74 Å². The van der Waals surface area contributed by atoms with Gasteiger partial charge in [0.2, 0.25) is 0 Å². The summed E-state index contributed by atoms with van der Waals surface area (Å²) in [7, 11) is 1.70. The van der Waals surface area contributed by atoms with E-state index >= 15 is 0 Å². The first-order valence-electron chi connectivity index (χ1n) is 12.0. The Morgan fingerprint density at radius 2 is 2.06 bits per heavy atom. The Morgan fingerprint density at radius 1 is 1.15 bits per heavy atom. The van der Waals surface area contributed by atoms with Crippen LogP contribution in [0.15, 0.2) is 54.7 Å². The lowest BCUT2D eigenvalue weighted by molar-refractivity contribution is 0.0748. The van der Waals surface area contributed by atoms with Crippen molar-refractivity contribution in [2.75, 3.05) is 33.4 Å². The van der Waals surface area contributed by atoms with Crippen LogP contribution in [0.4, 0.5) is 0 Å². The van der Waals surface area contributed by atoms with Crippen LogP contribution in [0.5, 0.6) is 5.75 Å². The molecule has 1 aliphatic rings. The summed E-state index contributed by atoms with van der Waals surface area (Å²) in [5.41, 5.74) is 4.65.